The van der Waals surface area contributed by atoms with Crippen molar-refractivity contribution in [3.05, 3.63) is 72.8 Å². The molecule has 3 rings (SSSR count). The molecule has 0 saturated carbocycles. The van der Waals surface area contributed by atoms with Crippen LogP contribution in [0.5, 0.6) is 0 Å². The Morgan fingerprint density at radius 1 is 1.17 bits per heavy atom. The molecule has 0 aliphatic heterocycles. The van der Waals surface area contributed by atoms with E-state index >= 15 is 0 Å². The number of hydrogen-bond donors (Lipinski definition) is 0. The van der Waals surface area contributed by atoms with Gasteiger partial charge in [-0.05, 0) is 42.3 Å². The fourth-order valence-corrected chi connectivity index (χ4v) is 2.31. The van der Waals surface area contributed by atoms with E-state index in [4.69, 9.17) is 20.4 Å². The summed E-state index contributed by atoms with van der Waals surface area (Å²) in [5.41, 5.74) is 1.30. The van der Waals surface area contributed by atoms with Gasteiger partial charge in [-0.1, -0.05) is 17.7 Å². The third-order valence-corrected chi connectivity index (χ3v) is 3.68. The predicted molar refractivity (Wildman–Crippen MR) is 86.5 cm³/mol. The Morgan fingerprint density at radius 3 is 2.65 bits per heavy atom. The molecule has 23 heavy (non-hydrogen) atoms. The maximum atomic E-state index is 11.7. The van der Waals surface area contributed by atoms with Crippen LogP contribution in [0.4, 0.5) is 5.88 Å². The molecule has 0 fully saturated rings. The quantitative estimate of drug-likeness (QED) is 0.402. The number of halogens is 1. The van der Waals surface area contributed by atoms with Crippen molar-refractivity contribution in [2.45, 2.75) is 6.92 Å². The SMILES string of the molecule is Cc1cc2oc(=O)cc(/C=C/c3ccc([N+](=O)[O-])o3)c2cc1Cl. The molecular weight excluding hydrogens is 322 g/mol. The molecule has 0 amide bonds. The van der Waals surface area contributed by atoms with Gasteiger partial charge in [0.2, 0.25) is 0 Å². The van der Waals surface area contributed by atoms with E-state index in [-0.39, 0.29) is 5.88 Å². The number of nitrogens with zero attached hydrogens (tertiary/aromatic N) is 1. The summed E-state index contributed by atoms with van der Waals surface area (Å²) >= 11 is 6.12. The lowest BCUT2D eigenvalue weighted by atomic mass is 10.1. The van der Waals surface area contributed by atoms with E-state index in [1.165, 1.54) is 24.3 Å². The van der Waals surface area contributed by atoms with E-state index in [0.29, 0.717) is 27.3 Å². The van der Waals surface area contributed by atoms with E-state index in [1.54, 1.807) is 18.2 Å². The number of aryl methyl sites for hydroxylation is 1. The summed E-state index contributed by atoms with van der Waals surface area (Å²) in [6, 6.07) is 7.45. The minimum atomic E-state index is -0.619. The van der Waals surface area contributed by atoms with Crippen LogP contribution < -0.4 is 5.63 Å². The lowest BCUT2D eigenvalue weighted by molar-refractivity contribution is -0.402. The second kappa shape index (κ2) is 5.73. The molecule has 0 spiro atoms. The monoisotopic (exact) mass is 331 g/mol. The minimum absolute atomic E-state index is 0.302. The van der Waals surface area contributed by atoms with E-state index in [1.807, 2.05) is 6.92 Å². The maximum Gasteiger partial charge on any atom is 0.433 e. The summed E-state index contributed by atoms with van der Waals surface area (Å²) in [5.74, 6) is -0.0444. The van der Waals surface area contributed by atoms with Crippen molar-refractivity contribution in [2.24, 2.45) is 0 Å². The van der Waals surface area contributed by atoms with E-state index in [2.05, 4.69) is 0 Å². The van der Waals surface area contributed by atoms with Crippen molar-refractivity contribution in [1.82, 2.24) is 0 Å². The lowest BCUT2D eigenvalue weighted by Gasteiger charge is -2.04. The molecule has 6 nitrogen and oxygen atoms in total. The van der Waals surface area contributed by atoms with Crippen LogP contribution >= 0.6 is 11.6 Å². The molecule has 1 aromatic carbocycles. The van der Waals surface area contributed by atoms with Gasteiger partial charge in [-0.2, -0.15) is 0 Å². The van der Waals surface area contributed by atoms with Gasteiger partial charge in [-0.15, -0.1) is 0 Å². The van der Waals surface area contributed by atoms with Gasteiger partial charge in [0.25, 0.3) is 0 Å². The topological polar surface area (TPSA) is 86.5 Å². The average molecular weight is 332 g/mol. The first-order valence-corrected chi connectivity index (χ1v) is 6.98. The second-order valence-electron chi connectivity index (χ2n) is 4.88. The Balaban J connectivity index is 2.08. The van der Waals surface area contributed by atoms with Gasteiger partial charge in [-0.25, -0.2) is 4.79 Å². The van der Waals surface area contributed by atoms with Crippen molar-refractivity contribution in [3.8, 4) is 0 Å². The van der Waals surface area contributed by atoms with Crippen LogP contribution in [0.15, 0.2) is 44.0 Å². The fourth-order valence-electron chi connectivity index (χ4n) is 2.15. The van der Waals surface area contributed by atoms with Crippen molar-refractivity contribution in [3.63, 3.8) is 0 Å². The van der Waals surface area contributed by atoms with Crippen molar-refractivity contribution in [2.75, 3.05) is 0 Å². The van der Waals surface area contributed by atoms with Gasteiger partial charge in [0.05, 0.1) is 6.07 Å². The molecule has 0 bridgehead atoms. The van der Waals surface area contributed by atoms with Crippen molar-refractivity contribution >= 4 is 40.6 Å². The molecule has 0 atom stereocenters. The van der Waals surface area contributed by atoms with Crippen molar-refractivity contribution < 1.29 is 13.8 Å². The average Bonchev–Trinajstić information content (AvgIpc) is 2.96. The Labute approximate surface area is 134 Å². The molecule has 0 aliphatic carbocycles. The third-order valence-electron chi connectivity index (χ3n) is 3.28. The number of hydrogen-bond acceptors (Lipinski definition) is 5. The summed E-state index contributed by atoms with van der Waals surface area (Å²) in [6.45, 7) is 1.81. The standard InChI is InChI=1S/C16H10ClNO5/c1-9-6-14-12(8-13(9)17)10(7-16(19)23-14)2-3-11-4-5-15(22-11)18(20)21/h2-8H,1H3/b3-2+. The molecule has 7 heteroatoms. The molecule has 0 aliphatic rings. The highest BCUT2D eigenvalue weighted by Crippen LogP contribution is 2.26. The smallest absolute Gasteiger partial charge is 0.423 e. The maximum absolute atomic E-state index is 11.7. The van der Waals surface area contributed by atoms with E-state index in [0.717, 1.165) is 5.56 Å². The van der Waals surface area contributed by atoms with Gasteiger partial charge < -0.3 is 8.83 Å². The summed E-state index contributed by atoms with van der Waals surface area (Å²) in [7, 11) is 0. The highest BCUT2D eigenvalue weighted by molar-refractivity contribution is 6.32. The molecular formula is C16H10ClNO5. The van der Waals surface area contributed by atoms with Crippen LogP contribution in [0, 0.1) is 17.0 Å². The molecule has 0 N–H and O–H groups in total. The van der Waals surface area contributed by atoms with Crippen LogP contribution in [0.25, 0.3) is 23.1 Å². The number of benzene rings is 1. The molecule has 0 unspecified atom stereocenters. The normalized spacial score (nSPS) is 11.4. The van der Waals surface area contributed by atoms with Crippen molar-refractivity contribution in [1.29, 1.82) is 0 Å². The first-order valence-electron chi connectivity index (χ1n) is 6.60. The number of fused-ring (bicyclic) bond motifs is 1. The second-order valence-corrected chi connectivity index (χ2v) is 5.29. The lowest BCUT2D eigenvalue weighted by Crippen LogP contribution is -1.98. The summed E-state index contributed by atoms with van der Waals surface area (Å²) in [5, 5.41) is 11.8. The molecule has 0 saturated heterocycles. The number of rotatable bonds is 3. The summed E-state index contributed by atoms with van der Waals surface area (Å²) in [6.07, 6.45) is 3.16. The third kappa shape index (κ3) is 3.02. The molecule has 2 heterocycles. The van der Waals surface area contributed by atoms with Crippen LogP contribution in [0.3, 0.4) is 0 Å². The Kier molecular flexibility index (Phi) is 3.75. The van der Waals surface area contributed by atoms with Gasteiger partial charge >= 0.3 is 11.5 Å². The number of furan rings is 1. The van der Waals surface area contributed by atoms with Crippen LogP contribution in [0.2, 0.25) is 5.02 Å². The van der Waals surface area contributed by atoms with Crippen LogP contribution in [-0.4, -0.2) is 4.92 Å². The predicted octanol–water partition coefficient (Wildman–Crippen LogP) is 4.43. The van der Waals surface area contributed by atoms with Crippen LogP contribution in [0.1, 0.15) is 16.9 Å². The first kappa shape index (κ1) is 15.1. The zero-order chi connectivity index (χ0) is 16.6. The zero-order valence-electron chi connectivity index (χ0n) is 11.9. The van der Waals surface area contributed by atoms with E-state index < -0.39 is 10.5 Å². The summed E-state index contributed by atoms with van der Waals surface area (Å²) < 4.78 is 10.2. The highest BCUT2D eigenvalue weighted by Gasteiger charge is 2.10. The van der Waals surface area contributed by atoms with Gasteiger partial charge in [0.1, 0.15) is 16.3 Å². The largest absolute Gasteiger partial charge is 0.433 e. The first-order chi connectivity index (χ1) is 10.9. The summed E-state index contributed by atoms with van der Waals surface area (Å²) in [4.78, 5) is 21.6. The minimum Gasteiger partial charge on any atom is -0.423 e. The fraction of sp³-hybridized carbons (Fsp3) is 0.0625. The Bertz CT molecular complexity index is 999. The molecule has 0 radical (unpaired) electrons. The highest BCUT2D eigenvalue weighted by atomic mass is 35.5. The van der Waals surface area contributed by atoms with Gasteiger partial charge in [0.15, 0.2) is 0 Å². The Morgan fingerprint density at radius 2 is 1.96 bits per heavy atom. The van der Waals surface area contributed by atoms with E-state index in [9.17, 15) is 14.9 Å². The molecule has 3 aromatic rings. The van der Waals surface area contributed by atoms with Crippen LogP contribution in [-0.2, 0) is 0 Å². The number of nitro groups is 1. The van der Waals surface area contributed by atoms with Gasteiger partial charge in [0, 0.05) is 16.5 Å². The van der Waals surface area contributed by atoms with Gasteiger partial charge in [-0.3, -0.25) is 10.1 Å². The Hall–Kier alpha value is -2.86. The molecule has 2 aromatic heterocycles. The molecule has 116 valence electrons. The zero-order valence-corrected chi connectivity index (χ0v) is 12.7.